The fourth-order valence-corrected chi connectivity index (χ4v) is 4.83. The summed E-state index contributed by atoms with van der Waals surface area (Å²) >= 11 is 0. The van der Waals surface area contributed by atoms with E-state index in [1.54, 1.807) is 4.90 Å². The third kappa shape index (κ3) is 4.87. The van der Waals surface area contributed by atoms with E-state index in [1.807, 2.05) is 85.8 Å². The number of fused-ring (bicyclic) bond motifs is 1. The summed E-state index contributed by atoms with van der Waals surface area (Å²) < 4.78 is 11.2. The van der Waals surface area contributed by atoms with Crippen molar-refractivity contribution in [1.29, 1.82) is 0 Å². The number of ether oxygens (including phenoxy) is 2. The van der Waals surface area contributed by atoms with Gasteiger partial charge in [-0.05, 0) is 35.7 Å². The molecule has 3 aromatic rings. The molecule has 0 aliphatic carbocycles. The number of carbonyl (C=O) groups excluding carboxylic acids is 3. The topological polar surface area (TPSA) is 88.2 Å². The molecule has 8 nitrogen and oxygen atoms in total. The Morgan fingerprint density at radius 2 is 1.59 bits per heavy atom. The van der Waals surface area contributed by atoms with Crippen molar-refractivity contribution < 1.29 is 23.9 Å². The molecule has 0 aromatic heterocycles. The van der Waals surface area contributed by atoms with E-state index in [2.05, 4.69) is 5.32 Å². The van der Waals surface area contributed by atoms with Crippen LogP contribution in [0.4, 0.5) is 4.79 Å². The Balaban J connectivity index is 1.36. The number of amides is 4. The first-order chi connectivity index (χ1) is 18.0. The van der Waals surface area contributed by atoms with Crippen LogP contribution in [-0.4, -0.2) is 53.9 Å². The zero-order chi connectivity index (χ0) is 25.8. The Morgan fingerprint density at radius 3 is 2.30 bits per heavy atom. The van der Waals surface area contributed by atoms with Crippen LogP contribution in [0.1, 0.15) is 23.6 Å². The normalized spacial score (nSPS) is 18.5. The number of hydrogen-bond donors (Lipinski definition) is 1. The molecule has 2 heterocycles. The van der Waals surface area contributed by atoms with Crippen molar-refractivity contribution >= 4 is 17.8 Å². The summed E-state index contributed by atoms with van der Waals surface area (Å²) in [5.41, 5.74) is 1.17. The number of urea groups is 1. The Bertz CT molecular complexity index is 1300. The van der Waals surface area contributed by atoms with E-state index >= 15 is 0 Å². The average Bonchev–Trinajstić information content (AvgIpc) is 3.17. The number of imide groups is 1. The molecule has 1 fully saturated rings. The van der Waals surface area contributed by atoms with E-state index in [1.165, 1.54) is 0 Å². The first-order valence-corrected chi connectivity index (χ1v) is 12.4. The maximum Gasteiger partial charge on any atom is 0.325 e. The maximum absolute atomic E-state index is 13.8. The van der Waals surface area contributed by atoms with Crippen molar-refractivity contribution in [2.24, 2.45) is 0 Å². The van der Waals surface area contributed by atoms with Crippen molar-refractivity contribution in [3.8, 4) is 11.5 Å². The summed E-state index contributed by atoms with van der Waals surface area (Å²) in [6, 6.07) is 23.7. The van der Waals surface area contributed by atoms with E-state index < -0.39 is 17.5 Å². The molecular formula is C29H29N3O5. The zero-order valence-electron chi connectivity index (χ0n) is 20.7. The van der Waals surface area contributed by atoms with E-state index in [9.17, 15) is 14.4 Å². The lowest BCUT2D eigenvalue weighted by Crippen LogP contribution is -2.47. The van der Waals surface area contributed by atoms with Crippen LogP contribution in [0.25, 0.3) is 0 Å². The summed E-state index contributed by atoms with van der Waals surface area (Å²) in [5, 5.41) is 2.91. The zero-order valence-corrected chi connectivity index (χ0v) is 20.7. The van der Waals surface area contributed by atoms with E-state index in [0.29, 0.717) is 43.4 Å². The smallest absolute Gasteiger partial charge is 0.325 e. The minimum atomic E-state index is -1.28. The van der Waals surface area contributed by atoms with Crippen LogP contribution < -0.4 is 14.8 Å². The predicted molar refractivity (Wildman–Crippen MR) is 137 cm³/mol. The molecule has 1 N–H and O–H groups in total. The van der Waals surface area contributed by atoms with E-state index in [0.717, 1.165) is 16.0 Å². The Morgan fingerprint density at radius 1 is 0.919 bits per heavy atom. The quantitative estimate of drug-likeness (QED) is 0.480. The lowest BCUT2D eigenvalue weighted by atomic mass is 9.83. The summed E-state index contributed by atoms with van der Waals surface area (Å²) in [4.78, 5) is 42.9. The van der Waals surface area contributed by atoms with Gasteiger partial charge < -0.3 is 19.7 Å². The molecule has 0 spiro atoms. The van der Waals surface area contributed by atoms with E-state index in [4.69, 9.17) is 9.47 Å². The van der Waals surface area contributed by atoms with Crippen molar-refractivity contribution in [3.63, 3.8) is 0 Å². The summed E-state index contributed by atoms with van der Waals surface area (Å²) in [6.07, 6.45) is 0.280. The van der Waals surface area contributed by atoms with Crippen molar-refractivity contribution in [3.05, 3.63) is 95.6 Å². The van der Waals surface area contributed by atoms with Gasteiger partial charge in [0.05, 0.1) is 0 Å². The highest BCUT2D eigenvalue weighted by molar-refractivity contribution is 6.09. The molecule has 2 aliphatic rings. The number of nitrogens with one attached hydrogen (secondary N) is 1. The molecule has 3 aromatic carbocycles. The van der Waals surface area contributed by atoms with Crippen LogP contribution >= 0.6 is 0 Å². The SMILES string of the molecule is CCN(Cc1ccc2c(c1)OCCO2)C(=O)CN1C(=O)N[C@@](Cc2ccccc2)(c2ccccc2)C1=O. The number of carbonyl (C=O) groups is 3. The second kappa shape index (κ2) is 10.3. The van der Waals surface area contributed by atoms with Gasteiger partial charge >= 0.3 is 6.03 Å². The molecule has 1 saturated heterocycles. The molecule has 190 valence electrons. The summed E-state index contributed by atoms with van der Waals surface area (Å²) in [7, 11) is 0. The number of nitrogens with zero attached hydrogens (tertiary/aromatic N) is 2. The third-order valence-electron chi connectivity index (χ3n) is 6.76. The maximum atomic E-state index is 13.8. The molecule has 0 saturated carbocycles. The van der Waals surface area contributed by atoms with Crippen molar-refractivity contribution in [2.75, 3.05) is 26.3 Å². The highest BCUT2D eigenvalue weighted by Gasteiger charge is 2.52. The van der Waals surface area contributed by atoms with Crippen LogP contribution in [0, 0.1) is 0 Å². The molecule has 0 unspecified atom stereocenters. The minimum absolute atomic E-state index is 0.280. The standard InChI is InChI=1S/C29H29N3O5/c1-2-31(19-22-13-14-24-25(17-22)37-16-15-36-24)26(33)20-32-27(34)29(30-28(32)35,23-11-7-4-8-12-23)18-21-9-5-3-6-10-21/h3-14,17H,2,15-16,18-20H2,1H3,(H,30,35)/t29-/m0/s1. The van der Waals surface area contributed by atoms with Gasteiger partial charge in [0.1, 0.15) is 19.8 Å². The monoisotopic (exact) mass is 499 g/mol. The third-order valence-corrected chi connectivity index (χ3v) is 6.76. The Hall–Kier alpha value is -4.33. The van der Waals surface area contributed by atoms with Crippen LogP contribution in [0.5, 0.6) is 11.5 Å². The van der Waals surface area contributed by atoms with Gasteiger partial charge in [-0.3, -0.25) is 14.5 Å². The van der Waals surface area contributed by atoms with Crippen molar-refractivity contribution in [1.82, 2.24) is 15.1 Å². The molecule has 1 atom stereocenters. The van der Waals surface area contributed by atoms with Gasteiger partial charge in [0.15, 0.2) is 17.0 Å². The molecule has 37 heavy (non-hydrogen) atoms. The van der Waals surface area contributed by atoms with Gasteiger partial charge in [-0.25, -0.2) is 4.79 Å². The van der Waals surface area contributed by atoms with Gasteiger partial charge in [-0.15, -0.1) is 0 Å². The van der Waals surface area contributed by atoms with E-state index in [-0.39, 0.29) is 18.9 Å². The largest absolute Gasteiger partial charge is 0.486 e. The van der Waals surface area contributed by atoms with Gasteiger partial charge in [0.25, 0.3) is 5.91 Å². The molecule has 2 aliphatic heterocycles. The van der Waals surface area contributed by atoms with Gasteiger partial charge in [0.2, 0.25) is 5.91 Å². The van der Waals surface area contributed by atoms with Crippen LogP contribution in [0.3, 0.4) is 0 Å². The van der Waals surface area contributed by atoms with Crippen LogP contribution in [0.15, 0.2) is 78.9 Å². The fraction of sp³-hybridized carbons (Fsp3) is 0.276. The molecule has 5 rings (SSSR count). The fourth-order valence-electron chi connectivity index (χ4n) is 4.83. The van der Waals surface area contributed by atoms with Gasteiger partial charge in [0, 0.05) is 19.5 Å². The Kier molecular flexibility index (Phi) is 6.81. The number of rotatable bonds is 8. The highest BCUT2D eigenvalue weighted by Crippen LogP contribution is 2.34. The first kappa shape index (κ1) is 24.4. The highest BCUT2D eigenvalue weighted by atomic mass is 16.6. The molecule has 0 bridgehead atoms. The molecule has 0 radical (unpaired) electrons. The van der Waals surface area contributed by atoms with Crippen LogP contribution in [-0.2, 0) is 28.1 Å². The number of benzene rings is 3. The minimum Gasteiger partial charge on any atom is -0.486 e. The second-order valence-electron chi connectivity index (χ2n) is 9.14. The lowest BCUT2D eigenvalue weighted by Gasteiger charge is -2.28. The Labute approximate surface area is 215 Å². The van der Waals surface area contributed by atoms with Gasteiger partial charge in [-0.1, -0.05) is 66.7 Å². The number of hydrogen-bond acceptors (Lipinski definition) is 5. The predicted octanol–water partition coefficient (Wildman–Crippen LogP) is 3.50. The van der Waals surface area contributed by atoms with Gasteiger partial charge in [-0.2, -0.15) is 0 Å². The first-order valence-electron chi connectivity index (χ1n) is 12.4. The molecule has 4 amide bonds. The average molecular weight is 500 g/mol. The van der Waals surface area contributed by atoms with Crippen LogP contribution in [0.2, 0.25) is 0 Å². The lowest BCUT2D eigenvalue weighted by molar-refractivity contribution is -0.139. The number of likely N-dealkylation sites (N-methyl/N-ethyl adjacent to an activating group) is 1. The molecule has 8 heteroatoms. The second-order valence-corrected chi connectivity index (χ2v) is 9.14. The summed E-state index contributed by atoms with van der Waals surface area (Å²) in [5.74, 6) is 0.579. The van der Waals surface area contributed by atoms with Crippen molar-refractivity contribution in [2.45, 2.75) is 25.4 Å². The summed E-state index contributed by atoms with van der Waals surface area (Å²) in [6.45, 7) is 3.25. The molecular weight excluding hydrogens is 470 g/mol.